The molecule has 0 saturated carbocycles. The van der Waals surface area contributed by atoms with E-state index in [0.29, 0.717) is 0 Å². The molecule has 0 radical (unpaired) electrons. The fraction of sp³-hybridized carbons (Fsp3) is 0.500. The first-order valence-electron chi connectivity index (χ1n) is 5.59. The number of hydrogen-bond donors (Lipinski definition) is 1. The molecular formula is C10H16FN2O4PS. The van der Waals surface area contributed by atoms with E-state index in [9.17, 15) is 13.2 Å². The highest BCUT2D eigenvalue weighted by molar-refractivity contribution is 7.98. The summed E-state index contributed by atoms with van der Waals surface area (Å²) in [6.45, 7) is 3.38. The van der Waals surface area contributed by atoms with Crippen LogP contribution in [0.3, 0.4) is 0 Å². The third-order valence-corrected chi connectivity index (χ3v) is 7.15. The number of aromatic nitrogens is 1. The van der Waals surface area contributed by atoms with E-state index in [2.05, 4.69) is 4.98 Å². The van der Waals surface area contributed by atoms with Crippen LogP contribution in [0.1, 0.15) is 13.8 Å². The zero-order valence-electron chi connectivity index (χ0n) is 10.7. The predicted octanol–water partition coefficient (Wildman–Crippen LogP) is 2.85. The fourth-order valence-corrected chi connectivity index (χ4v) is 5.87. The Kier molecular flexibility index (Phi) is 5.61. The van der Waals surface area contributed by atoms with E-state index in [4.69, 9.17) is 13.8 Å². The molecule has 0 spiro atoms. The quantitative estimate of drug-likeness (QED) is 0.782. The van der Waals surface area contributed by atoms with Gasteiger partial charge in [-0.05, 0) is 19.9 Å². The number of nitrogens with one attached hydrogen (secondary N) is 1. The lowest BCUT2D eigenvalue weighted by molar-refractivity contribution is 0.224. The molecule has 0 aliphatic rings. The van der Waals surface area contributed by atoms with Crippen LogP contribution in [0.5, 0.6) is 0 Å². The lowest BCUT2D eigenvalue weighted by Gasteiger charge is -2.18. The van der Waals surface area contributed by atoms with E-state index < -0.39 is 28.6 Å². The number of halogens is 1. The van der Waals surface area contributed by atoms with Gasteiger partial charge in [-0.2, -0.15) is 0 Å². The first-order valence-corrected chi connectivity index (χ1v) is 9.04. The SMILES string of the molecule is CCOP(=O)(CS(=N)(=O)c1ccncc1F)OCC. The molecule has 0 aromatic carbocycles. The van der Waals surface area contributed by atoms with Gasteiger partial charge in [-0.15, -0.1) is 0 Å². The van der Waals surface area contributed by atoms with Crippen molar-refractivity contribution in [2.45, 2.75) is 18.7 Å². The lowest BCUT2D eigenvalue weighted by Crippen LogP contribution is -2.11. The van der Waals surface area contributed by atoms with Gasteiger partial charge in [-0.1, -0.05) is 0 Å². The maximum Gasteiger partial charge on any atom is 0.344 e. The van der Waals surface area contributed by atoms with E-state index in [1.54, 1.807) is 13.8 Å². The molecule has 1 aromatic heterocycles. The minimum absolute atomic E-state index is 0.0889. The van der Waals surface area contributed by atoms with Crippen molar-refractivity contribution in [1.29, 1.82) is 4.78 Å². The molecule has 0 fully saturated rings. The molecule has 0 saturated heterocycles. The zero-order valence-corrected chi connectivity index (χ0v) is 12.4. The number of hydrogen-bond acceptors (Lipinski definition) is 6. The summed E-state index contributed by atoms with van der Waals surface area (Å²) in [4.78, 5) is 3.17. The maximum atomic E-state index is 13.5. The Balaban J connectivity index is 3.08. The van der Waals surface area contributed by atoms with Gasteiger partial charge >= 0.3 is 7.60 Å². The summed E-state index contributed by atoms with van der Waals surface area (Å²) >= 11 is 0. The molecule has 0 bridgehead atoms. The first kappa shape index (κ1) is 16.2. The average Bonchev–Trinajstić information content (AvgIpc) is 2.28. The molecule has 0 amide bonds. The van der Waals surface area contributed by atoms with Gasteiger partial charge < -0.3 is 9.05 Å². The van der Waals surface area contributed by atoms with Gasteiger partial charge in [0.15, 0.2) is 5.82 Å². The largest absolute Gasteiger partial charge is 0.344 e. The normalized spacial score (nSPS) is 15.1. The van der Waals surface area contributed by atoms with E-state index in [0.717, 1.165) is 12.3 Å². The van der Waals surface area contributed by atoms with Gasteiger partial charge in [0.05, 0.1) is 34.0 Å². The standard InChI is InChI=1S/C10H16FN2O4PS/c1-3-16-18(14,17-4-2)8-19(12,15)10-5-6-13-7-9(10)11/h5-7,12H,3-4,8H2,1-2H3. The summed E-state index contributed by atoms with van der Waals surface area (Å²) in [5.74, 6) is -0.873. The van der Waals surface area contributed by atoms with Crippen molar-refractivity contribution in [3.63, 3.8) is 0 Å². The van der Waals surface area contributed by atoms with Gasteiger partial charge in [-0.3, -0.25) is 9.55 Å². The maximum absolute atomic E-state index is 13.5. The second-order valence-corrected chi connectivity index (χ2v) is 8.12. The van der Waals surface area contributed by atoms with Crippen molar-refractivity contribution in [3.05, 3.63) is 24.3 Å². The highest BCUT2D eigenvalue weighted by Gasteiger charge is 2.31. The van der Waals surface area contributed by atoms with Gasteiger partial charge in [-0.25, -0.2) is 13.4 Å². The van der Waals surface area contributed by atoms with E-state index in [1.807, 2.05) is 0 Å². The van der Waals surface area contributed by atoms with E-state index >= 15 is 0 Å². The summed E-state index contributed by atoms with van der Waals surface area (Å²) in [6, 6.07) is 1.13. The highest BCUT2D eigenvalue weighted by atomic mass is 32.2. The van der Waals surface area contributed by atoms with Crippen LogP contribution in [0.2, 0.25) is 0 Å². The third kappa shape index (κ3) is 4.35. The Bertz CT molecular complexity index is 569. The summed E-state index contributed by atoms with van der Waals surface area (Å²) in [7, 11) is -7.30. The Morgan fingerprint density at radius 3 is 2.47 bits per heavy atom. The third-order valence-electron chi connectivity index (χ3n) is 2.08. The van der Waals surface area contributed by atoms with Crippen LogP contribution < -0.4 is 0 Å². The summed E-state index contributed by atoms with van der Waals surface area (Å²) in [5.41, 5.74) is -0.678. The van der Waals surface area contributed by atoms with Gasteiger partial charge in [0, 0.05) is 6.20 Å². The molecule has 19 heavy (non-hydrogen) atoms. The molecule has 1 atom stereocenters. The zero-order chi connectivity index (χ0) is 14.5. The molecule has 9 heteroatoms. The molecule has 1 N–H and O–H groups in total. The van der Waals surface area contributed by atoms with Crippen LogP contribution in [-0.2, 0) is 23.3 Å². The van der Waals surface area contributed by atoms with Crippen LogP contribution in [0, 0.1) is 10.6 Å². The molecule has 108 valence electrons. The van der Waals surface area contributed by atoms with E-state index in [1.165, 1.54) is 6.20 Å². The second kappa shape index (κ2) is 6.56. The summed E-state index contributed by atoms with van der Waals surface area (Å²) in [5, 5.41) is 0. The van der Waals surface area contributed by atoms with Gasteiger partial charge in [0.25, 0.3) is 0 Å². The number of rotatable bonds is 7. The van der Waals surface area contributed by atoms with Crippen molar-refractivity contribution in [2.24, 2.45) is 0 Å². The smallest absolute Gasteiger partial charge is 0.308 e. The number of pyridine rings is 1. The lowest BCUT2D eigenvalue weighted by atomic mass is 10.5. The van der Waals surface area contributed by atoms with Crippen molar-refractivity contribution < 1.29 is 22.2 Å². The second-order valence-electron chi connectivity index (χ2n) is 3.56. The highest BCUT2D eigenvalue weighted by Crippen LogP contribution is 2.50. The predicted molar refractivity (Wildman–Crippen MR) is 69.0 cm³/mol. The average molecular weight is 310 g/mol. The van der Waals surface area contributed by atoms with Crippen molar-refractivity contribution in [2.75, 3.05) is 18.7 Å². The van der Waals surface area contributed by atoms with Crippen LogP contribution in [0.15, 0.2) is 23.4 Å². The van der Waals surface area contributed by atoms with Crippen molar-refractivity contribution >= 4 is 17.3 Å². The molecular weight excluding hydrogens is 294 g/mol. The van der Waals surface area contributed by atoms with Gasteiger partial charge in [0.1, 0.15) is 5.49 Å². The topological polar surface area (TPSA) is 89.3 Å². The fourth-order valence-electron chi connectivity index (χ4n) is 1.43. The Hall–Kier alpha value is -0.820. The Morgan fingerprint density at radius 1 is 1.42 bits per heavy atom. The molecule has 0 aliphatic carbocycles. The summed E-state index contributed by atoms with van der Waals surface area (Å²) in [6.07, 6.45) is 2.08. The van der Waals surface area contributed by atoms with E-state index in [-0.39, 0.29) is 18.1 Å². The summed E-state index contributed by atoms with van der Waals surface area (Å²) < 4.78 is 55.6. The van der Waals surface area contributed by atoms with Crippen LogP contribution >= 0.6 is 7.60 Å². The Labute approximate surface area is 111 Å². The molecule has 1 aromatic rings. The number of nitrogens with zero attached hydrogens (tertiary/aromatic N) is 1. The van der Waals surface area contributed by atoms with Crippen LogP contribution in [0.25, 0.3) is 0 Å². The molecule has 1 rings (SSSR count). The monoisotopic (exact) mass is 310 g/mol. The van der Waals surface area contributed by atoms with Crippen LogP contribution in [-0.4, -0.2) is 27.9 Å². The molecule has 0 aliphatic heterocycles. The molecule has 1 heterocycles. The first-order chi connectivity index (χ1) is 8.84. The minimum atomic E-state index is -3.68. The van der Waals surface area contributed by atoms with Crippen molar-refractivity contribution in [3.8, 4) is 0 Å². The van der Waals surface area contributed by atoms with Crippen molar-refractivity contribution in [1.82, 2.24) is 4.98 Å². The molecule has 1 unspecified atom stereocenters. The minimum Gasteiger partial charge on any atom is -0.308 e. The Morgan fingerprint density at radius 2 is 2.00 bits per heavy atom. The van der Waals surface area contributed by atoms with Crippen LogP contribution in [0.4, 0.5) is 4.39 Å². The van der Waals surface area contributed by atoms with Gasteiger partial charge in [0.2, 0.25) is 0 Å². The molecule has 6 nitrogen and oxygen atoms in total.